The maximum Gasteiger partial charge on any atom is 0.314 e. The summed E-state index contributed by atoms with van der Waals surface area (Å²) in [5.74, 6) is -0.436. The van der Waals surface area contributed by atoms with Crippen LogP contribution in [-0.4, -0.2) is 11.2 Å². The Morgan fingerprint density at radius 2 is 2.00 bits per heavy atom. The van der Waals surface area contributed by atoms with Crippen molar-refractivity contribution in [1.82, 2.24) is 0 Å². The van der Waals surface area contributed by atoms with Gasteiger partial charge in [0, 0.05) is 5.56 Å². The summed E-state index contributed by atoms with van der Waals surface area (Å²) in [4.78, 5) is 20.8. The van der Waals surface area contributed by atoms with Gasteiger partial charge in [-0.05, 0) is 42.8 Å². The summed E-state index contributed by atoms with van der Waals surface area (Å²) in [7, 11) is 0. The number of hydrogen-bond acceptors (Lipinski definition) is 4. The van der Waals surface area contributed by atoms with E-state index in [2.05, 4.69) is 0 Å². The zero-order valence-corrected chi connectivity index (χ0v) is 10.5. The third-order valence-electron chi connectivity index (χ3n) is 2.71. The van der Waals surface area contributed by atoms with Gasteiger partial charge in [-0.15, -0.1) is 0 Å². The number of ether oxygens (including phenoxy) is 1. The van der Waals surface area contributed by atoms with Gasteiger partial charge in [0.1, 0.15) is 17.9 Å². The molecule has 0 atom stereocenters. The Hall–Kier alpha value is -2.76. The van der Waals surface area contributed by atoms with E-state index in [9.17, 15) is 19.3 Å². The Bertz CT molecular complexity index is 685. The van der Waals surface area contributed by atoms with E-state index in [-0.39, 0.29) is 5.75 Å². The number of nitrogens with zero attached hydrogens (tertiary/aromatic N) is 1. The first-order valence-corrected chi connectivity index (χ1v) is 5.69. The molecule has 20 heavy (non-hydrogen) atoms. The van der Waals surface area contributed by atoms with Crippen LogP contribution in [0.5, 0.6) is 11.5 Å². The molecule has 102 valence electrons. The highest BCUT2D eigenvalue weighted by Gasteiger charge is 2.17. The first-order chi connectivity index (χ1) is 9.51. The number of aldehydes is 1. The van der Waals surface area contributed by atoms with Gasteiger partial charge in [0.05, 0.1) is 11.0 Å². The summed E-state index contributed by atoms with van der Waals surface area (Å²) in [5.41, 5.74) is 0.732. The van der Waals surface area contributed by atoms with Gasteiger partial charge in [-0.25, -0.2) is 4.39 Å². The van der Waals surface area contributed by atoms with Gasteiger partial charge in [0.15, 0.2) is 0 Å². The topological polar surface area (TPSA) is 69.4 Å². The Kier molecular flexibility index (Phi) is 3.74. The summed E-state index contributed by atoms with van der Waals surface area (Å²) in [6.45, 7) is 1.72. The van der Waals surface area contributed by atoms with Crippen molar-refractivity contribution in [2.75, 3.05) is 0 Å². The number of halogens is 1. The normalized spacial score (nSPS) is 10.1. The molecule has 0 N–H and O–H groups in total. The third kappa shape index (κ3) is 2.80. The van der Waals surface area contributed by atoms with Crippen LogP contribution in [0.15, 0.2) is 36.4 Å². The second-order valence-electron chi connectivity index (χ2n) is 4.11. The molecule has 0 aliphatic carbocycles. The van der Waals surface area contributed by atoms with Crippen molar-refractivity contribution in [1.29, 1.82) is 0 Å². The van der Waals surface area contributed by atoms with Crippen molar-refractivity contribution in [3.63, 3.8) is 0 Å². The van der Waals surface area contributed by atoms with Crippen molar-refractivity contribution in [2.24, 2.45) is 0 Å². The Morgan fingerprint density at radius 1 is 1.25 bits per heavy atom. The number of carbonyl (C=O) groups is 1. The minimum Gasteiger partial charge on any atom is -0.450 e. The quantitative estimate of drug-likeness (QED) is 0.485. The Morgan fingerprint density at radius 3 is 2.60 bits per heavy atom. The Labute approximate surface area is 113 Å². The molecule has 6 heteroatoms. The SMILES string of the molecule is Cc1cc(Oc2ccc(F)cc2[N+](=O)[O-])ccc1C=O. The maximum absolute atomic E-state index is 13.0. The van der Waals surface area contributed by atoms with Crippen LogP contribution in [0.3, 0.4) is 0 Å². The monoisotopic (exact) mass is 275 g/mol. The van der Waals surface area contributed by atoms with Gasteiger partial charge in [-0.3, -0.25) is 14.9 Å². The van der Waals surface area contributed by atoms with E-state index in [1.54, 1.807) is 19.1 Å². The third-order valence-corrected chi connectivity index (χ3v) is 2.71. The van der Waals surface area contributed by atoms with Crippen LogP contribution < -0.4 is 4.74 Å². The van der Waals surface area contributed by atoms with Crippen LogP contribution in [0, 0.1) is 22.9 Å². The second kappa shape index (κ2) is 5.48. The number of hydrogen-bond donors (Lipinski definition) is 0. The highest BCUT2D eigenvalue weighted by Crippen LogP contribution is 2.32. The fourth-order valence-electron chi connectivity index (χ4n) is 1.69. The van der Waals surface area contributed by atoms with Crippen LogP contribution in [0.1, 0.15) is 15.9 Å². The van der Waals surface area contributed by atoms with E-state index in [1.165, 1.54) is 12.1 Å². The number of rotatable bonds is 4. The van der Waals surface area contributed by atoms with Crippen LogP contribution in [0.4, 0.5) is 10.1 Å². The molecule has 0 bridgehead atoms. The summed E-state index contributed by atoms with van der Waals surface area (Å²) in [6, 6.07) is 7.71. The van der Waals surface area contributed by atoms with Gasteiger partial charge >= 0.3 is 5.69 Å². The van der Waals surface area contributed by atoms with Gasteiger partial charge in [-0.2, -0.15) is 0 Å². The second-order valence-corrected chi connectivity index (χ2v) is 4.11. The molecule has 0 amide bonds. The van der Waals surface area contributed by atoms with E-state index in [1.807, 2.05) is 0 Å². The van der Waals surface area contributed by atoms with Crippen LogP contribution in [0.2, 0.25) is 0 Å². The predicted molar refractivity (Wildman–Crippen MR) is 69.7 cm³/mol. The van der Waals surface area contributed by atoms with Crippen LogP contribution in [-0.2, 0) is 0 Å². The molecule has 2 aromatic rings. The lowest BCUT2D eigenvalue weighted by molar-refractivity contribution is -0.385. The first kappa shape index (κ1) is 13.7. The van der Waals surface area contributed by atoms with Crippen LogP contribution >= 0.6 is 0 Å². The molecule has 0 saturated carbocycles. The standard InChI is InChI=1S/C14H10FNO4/c1-9-6-12(4-2-10(9)8-17)20-14-5-3-11(15)7-13(14)16(18)19/h2-8H,1H3. The molecule has 0 fully saturated rings. The van der Waals surface area contributed by atoms with Crippen molar-refractivity contribution in [3.05, 3.63) is 63.5 Å². The maximum atomic E-state index is 13.0. The average Bonchev–Trinajstić information content (AvgIpc) is 2.41. The average molecular weight is 275 g/mol. The van der Waals surface area contributed by atoms with Crippen molar-refractivity contribution in [3.8, 4) is 11.5 Å². The van der Waals surface area contributed by atoms with Crippen molar-refractivity contribution in [2.45, 2.75) is 6.92 Å². The molecule has 0 heterocycles. The molecule has 0 radical (unpaired) electrons. The highest BCUT2D eigenvalue weighted by molar-refractivity contribution is 5.77. The fourth-order valence-corrected chi connectivity index (χ4v) is 1.69. The zero-order valence-electron chi connectivity index (χ0n) is 10.5. The van der Waals surface area contributed by atoms with E-state index >= 15 is 0 Å². The molecular formula is C14H10FNO4. The summed E-state index contributed by atoms with van der Waals surface area (Å²) in [6.07, 6.45) is 0.708. The molecule has 2 rings (SSSR count). The summed E-state index contributed by atoms with van der Waals surface area (Å²) < 4.78 is 18.4. The number of nitro benzene ring substituents is 1. The molecule has 0 unspecified atom stereocenters. The molecule has 0 aliphatic rings. The highest BCUT2D eigenvalue weighted by atomic mass is 19.1. The Balaban J connectivity index is 2.37. The van der Waals surface area contributed by atoms with E-state index in [0.717, 1.165) is 12.1 Å². The molecule has 5 nitrogen and oxygen atoms in total. The van der Waals surface area contributed by atoms with Gasteiger partial charge < -0.3 is 4.74 Å². The first-order valence-electron chi connectivity index (χ1n) is 5.69. The summed E-state index contributed by atoms with van der Waals surface area (Å²) in [5, 5.41) is 10.8. The minimum absolute atomic E-state index is 0.0605. The molecule has 0 aliphatic heterocycles. The molecule has 0 spiro atoms. The van der Waals surface area contributed by atoms with Crippen molar-refractivity contribution >= 4 is 12.0 Å². The van der Waals surface area contributed by atoms with Crippen molar-refractivity contribution < 1.29 is 18.8 Å². The van der Waals surface area contributed by atoms with Crippen LogP contribution in [0.25, 0.3) is 0 Å². The van der Waals surface area contributed by atoms with E-state index < -0.39 is 16.4 Å². The van der Waals surface area contributed by atoms with Gasteiger partial charge in [0.25, 0.3) is 0 Å². The number of carbonyl (C=O) groups excluding carboxylic acids is 1. The number of benzene rings is 2. The largest absolute Gasteiger partial charge is 0.450 e. The lowest BCUT2D eigenvalue weighted by Crippen LogP contribution is -1.95. The van der Waals surface area contributed by atoms with E-state index in [0.29, 0.717) is 23.2 Å². The smallest absolute Gasteiger partial charge is 0.314 e. The zero-order chi connectivity index (χ0) is 14.7. The molecule has 2 aromatic carbocycles. The lowest BCUT2D eigenvalue weighted by atomic mass is 10.1. The predicted octanol–water partition coefficient (Wildman–Crippen LogP) is 3.65. The van der Waals surface area contributed by atoms with Gasteiger partial charge in [0.2, 0.25) is 5.75 Å². The molecule has 0 aromatic heterocycles. The number of nitro groups is 1. The number of aryl methyl sites for hydroxylation is 1. The fraction of sp³-hybridized carbons (Fsp3) is 0.0714. The molecular weight excluding hydrogens is 265 g/mol. The molecule has 0 saturated heterocycles. The van der Waals surface area contributed by atoms with Gasteiger partial charge in [-0.1, -0.05) is 0 Å². The minimum atomic E-state index is -0.717. The lowest BCUT2D eigenvalue weighted by Gasteiger charge is -2.08. The van der Waals surface area contributed by atoms with E-state index in [4.69, 9.17) is 4.74 Å². The summed E-state index contributed by atoms with van der Waals surface area (Å²) >= 11 is 0.